The van der Waals surface area contributed by atoms with Gasteiger partial charge in [0.1, 0.15) is 0 Å². The van der Waals surface area contributed by atoms with E-state index in [1.807, 2.05) is 33.8 Å². The van der Waals surface area contributed by atoms with E-state index in [-0.39, 0.29) is 0 Å². The Kier molecular flexibility index (Phi) is 10.8. The van der Waals surface area contributed by atoms with Crippen LogP contribution < -0.4 is 0 Å². The van der Waals surface area contributed by atoms with Crippen molar-refractivity contribution in [1.29, 1.82) is 0 Å². The summed E-state index contributed by atoms with van der Waals surface area (Å²) in [6.45, 7) is 16.3. The molecule has 0 fully saturated rings. The third-order valence-corrected chi connectivity index (χ3v) is 3.34. The second-order valence-electron chi connectivity index (χ2n) is 4.68. The number of rotatable bonds is 4. The van der Waals surface area contributed by atoms with E-state index in [0.717, 1.165) is 12.8 Å². The van der Waals surface area contributed by atoms with Crippen molar-refractivity contribution in [3.63, 3.8) is 0 Å². The lowest BCUT2D eigenvalue weighted by atomic mass is 9.94. The summed E-state index contributed by atoms with van der Waals surface area (Å²) in [4.78, 5) is 0. The van der Waals surface area contributed by atoms with Gasteiger partial charge in [-0.2, -0.15) is 0 Å². The summed E-state index contributed by atoms with van der Waals surface area (Å²) < 4.78 is 0. The molecule has 0 N–H and O–H groups in total. The summed E-state index contributed by atoms with van der Waals surface area (Å²) in [5.41, 5.74) is 6.61. The van der Waals surface area contributed by atoms with Gasteiger partial charge >= 0.3 is 0 Å². The van der Waals surface area contributed by atoms with Gasteiger partial charge in [0, 0.05) is 0 Å². The van der Waals surface area contributed by atoms with Gasteiger partial charge in [0.05, 0.1) is 0 Å². The van der Waals surface area contributed by atoms with Gasteiger partial charge in [0.25, 0.3) is 0 Å². The lowest BCUT2D eigenvalue weighted by molar-refractivity contribution is 0.920. The van der Waals surface area contributed by atoms with Crippen LogP contribution in [0.2, 0.25) is 0 Å². The molecule has 2 rings (SSSR count). The zero-order chi connectivity index (χ0) is 17.0. The Morgan fingerprint density at radius 2 is 1.59 bits per heavy atom. The minimum atomic E-state index is 1.11. The van der Waals surface area contributed by atoms with Crippen LogP contribution in [-0.4, -0.2) is 0 Å². The quantitative estimate of drug-likeness (QED) is 0.555. The predicted molar refractivity (Wildman–Crippen MR) is 103 cm³/mol. The molecular weight excluding hydrogens is 264 g/mol. The molecule has 0 nitrogen and oxygen atoms in total. The Hall–Kier alpha value is -1.82. The molecule has 0 spiro atoms. The number of hydrogen-bond donors (Lipinski definition) is 0. The highest BCUT2D eigenvalue weighted by molar-refractivity contribution is 5.70. The Bertz CT molecular complexity index is 550. The van der Waals surface area contributed by atoms with Crippen LogP contribution in [0.15, 0.2) is 49.0 Å². The van der Waals surface area contributed by atoms with E-state index in [9.17, 15) is 0 Å². The van der Waals surface area contributed by atoms with Crippen LogP contribution in [0.3, 0.4) is 0 Å². The predicted octanol–water partition coefficient (Wildman–Crippen LogP) is 7.31. The molecule has 0 aliphatic carbocycles. The SMILES string of the molecule is C=Cc1ccc(-c2ccccc2C)cc1CCC.CC.CC. The fraction of sp³-hybridized carbons (Fsp3) is 0.364. The molecule has 0 radical (unpaired) electrons. The van der Waals surface area contributed by atoms with Crippen molar-refractivity contribution in [2.24, 2.45) is 0 Å². The number of benzene rings is 2. The fourth-order valence-corrected chi connectivity index (χ4v) is 2.36. The number of aryl methyl sites for hydroxylation is 2. The molecule has 22 heavy (non-hydrogen) atoms. The smallest absolute Gasteiger partial charge is 0.0155 e. The van der Waals surface area contributed by atoms with Crippen LogP contribution in [0.1, 0.15) is 57.7 Å². The molecule has 2 aromatic carbocycles. The maximum absolute atomic E-state index is 3.89. The van der Waals surface area contributed by atoms with Crippen LogP contribution in [0.25, 0.3) is 17.2 Å². The summed E-state index contributed by atoms with van der Waals surface area (Å²) in [7, 11) is 0. The van der Waals surface area contributed by atoms with Crippen LogP contribution in [0.5, 0.6) is 0 Å². The minimum Gasteiger partial charge on any atom is -0.0985 e. The van der Waals surface area contributed by atoms with Crippen LogP contribution >= 0.6 is 0 Å². The highest BCUT2D eigenvalue weighted by atomic mass is 14.1. The van der Waals surface area contributed by atoms with Gasteiger partial charge in [-0.05, 0) is 41.2 Å². The highest BCUT2D eigenvalue weighted by Crippen LogP contribution is 2.26. The van der Waals surface area contributed by atoms with Crippen molar-refractivity contribution in [2.75, 3.05) is 0 Å². The summed E-state index contributed by atoms with van der Waals surface area (Å²) in [6, 6.07) is 15.2. The molecule has 0 amide bonds. The van der Waals surface area contributed by atoms with Gasteiger partial charge in [-0.15, -0.1) is 0 Å². The van der Waals surface area contributed by atoms with Gasteiger partial charge < -0.3 is 0 Å². The van der Waals surface area contributed by atoms with Crippen LogP contribution in [0.4, 0.5) is 0 Å². The van der Waals surface area contributed by atoms with E-state index in [1.165, 1.54) is 27.8 Å². The molecule has 0 aliphatic heterocycles. The first kappa shape index (κ1) is 20.2. The molecule has 0 atom stereocenters. The van der Waals surface area contributed by atoms with Crippen molar-refractivity contribution in [3.05, 3.63) is 65.7 Å². The average molecular weight is 296 g/mol. The zero-order valence-electron chi connectivity index (χ0n) is 15.2. The molecule has 0 aromatic heterocycles. The van der Waals surface area contributed by atoms with Gasteiger partial charge in [0.15, 0.2) is 0 Å². The molecule has 0 unspecified atom stereocenters. The lowest BCUT2D eigenvalue weighted by Crippen LogP contribution is -1.91. The van der Waals surface area contributed by atoms with Gasteiger partial charge in [-0.1, -0.05) is 96.2 Å². The van der Waals surface area contributed by atoms with Crippen molar-refractivity contribution in [2.45, 2.75) is 54.4 Å². The molecule has 2 aromatic rings. The molecule has 0 saturated heterocycles. The van der Waals surface area contributed by atoms with Crippen molar-refractivity contribution in [1.82, 2.24) is 0 Å². The van der Waals surface area contributed by atoms with Crippen molar-refractivity contribution >= 4 is 6.08 Å². The van der Waals surface area contributed by atoms with Gasteiger partial charge in [0.2, 0.25) is 0 Å². The second-order valence-corrected chi connectivity index (χ2v) is 4.68. The standard InChI is InChI=1S/C18H20.2C2H6/c1-4-8-16-13-17(12-11-15(16)5-2)18-10-7-6-9-14(18)3;2*1-2/h5-7,9-13H,2,4,8H2,1,3H3;2*1-2H3. The average Bonchev–Trinajstić information content (AvgIpc) is 2.59. The minimum absolute atomic E-state index is 1.11. The molecule has 0 heterocycles. The Labute approximate surface area is 137 Å². The maximum atomic E-state index is 3.89. The Balaban J connectivity index is 0.00000102. The molecule has 120 valence electrons. The van der Waals surface area contributed by atoms with Crippen LogP contribution in [-0.2, 0) is 6.42 Å². The largest absolute Gasteiger partial charge is 0.0985 e. The van der Waals surface area contributed by atoms with E-state index in [1.54, 1.807) is 0 Å². The second kappa shape index (κ2) is 11.8. The first-order valence-electron chi connectivity index (χ1n) is 8.57. The Morgan fingerprint density at radius 1 is 0.955 bits per heavy atom. The van der Waals surface area contributed by atoms with Crippen molar-refractivity contribution < 1.29 is 0 Å². The summed E-state index contributed by atoms with van der Waals surface area (Å²) in [5.74, 6) is 0. The Morgan fingerprint density at radius 3 is 2.14 bits per heavy atom. The molecule has 0 aliphatic rings. The van der Waals surface area contributed by atoms with E-state index in [4.69, 9.17) is 0 Å². The third kappa shape index (κ3) is 5.52. The van der Waals surface area contributed by atoms with Crippen molar-refractivity contribution in [3.8, 4) is 11.1 Å². The fourth-order valence-electron chi connectivity index (χ4n) is 2.36. The highest BCUT2D eigenvalue weighted by Gasteiger charge is 2.04. The van der Waals surface area contributed by atoms with E-state index in [0.29, 0.717) is 0 Å². The lowest BCUT2D eigenvalue weighted by Gasteiger charge is -2.10. The summed E-state index contributed by atoms with van der Waals surface area (Å²) in [5, 5.41) is 0. The topological polar surface area (TPSA) is 0 Å². The van der Waals surface area contributed by atoms with E-state index in [2.05, 4.69) is 62.9 Å². The van der Waals surface area contributed by atoms with Gasteiger partial charge in [-0.25, -0.2) is 0 Å². The zero-order valence-corrected chi connectivity index (χ0v) is 15.2. The third-order valence-electron chi connectivity index (χ3n) is 3.34. The molecular formula is C22H32. The first-order valence-corrected chi connectivity index (χ1v) is 8.57. The number of hydrogen-bond acceptors (Lipinski definition) is 0. The van der Waals surface area contributed by atoms with E-state index < -0.39 is 0 Å². The first-order chi connectivity index (χ1) is 10.8. The normalized spacial score (nSPS) is 9.00. The maximum Gasteiger partial charge on any atom is -0.0155 e. The molecule has 0 heteroatoms. The monoisotopic (exact) mass is 296 g/mol. The van der Waals surface area contributed by atoms with Crippen LogP contribution in [0, 0.1) is 6.92 Å². The van der Waals surface area contributed by atoms with Gasteiger partial charge in [-0.3, -0.25) is 0 Å². The molecule has 0 bridgehead atoms. The summed E-state index contributed by atoms with van der Waals surface area (Å²) >= 11 is 0. The van der Waals surface area contributed by atoms with E-state index >= 15 is 0 Å². The summed E-state index contributed by atoms with van der Waals surface area (Å²) in [6.07, 6.45) is 4.23. The molecule has 0 saturated carbocycles.